The molecule has 0 fully saturated rings. The Morgan fingerprint density at radius 2 is 1.63 bits per heavy atom. The van der Waals surface area contributed by atoms with Gasteiger partial charge in [-0.3, -0.25) is 0 Å². The Bertz CT molecular complexity index is 1050. The number of allylic oxidation sites excluding steroid dienone is 1. The highest BCUT2D eigenvalue weighted by Crippen LogP contribution is 2.41. The van der Waals surface area contributed by atoms with Crippen LogP contribution in [0.25, 0.3) is 6.08 Å². The molecule has 1 aliphatic heterocycles. The van der Waals surface area contributed by atoms with E-state index < -0.39 is 29.4 Å². The minimum Gasteiger partial charge on any atom is -0.463 e. The Morgan fingerprint density at radius 1 is 1.03 bits per heavy atom. The Kier molecular flexibility index (Phi) is 9.83. The lowest BCUT2D eigenvalue weighted by Gasteiger charge is -2.32. The molecule has 1 atom stereocenters. The normalized spacial score (nSPS) is 16.3. The fourth-order valence-electron chi connectivity index (χ4n) is 3.87. The van der Waals surface area contributed by atoms with E-state index in [1.165, 1.54) is 6.08 Å². The van der Waals surface area contributed by atoms with Gasteiger partial charge < -0.3 is 24.8 Å². The van der Waals surface area contributed by atoms with Gasteiger partial charge >= 0.3 is 17.9 Å². The monoisotopic (exact) mass is 484 g/mol. The molecule has 0 aromatic heterocycles. The first-order valence-electron chi connectivity index (χ1n) is 11.7. The molecule has 0 spiro atoms. The standard InChI is InChI=1S/C27H36N2O6/c1-8-33-25(31)22-17(3)29-20(16-28-7)24(26(32)34-9-2)23(22)19-13-11-10-12-18(19)14-15-21(30)35-27(4,5)6/h10-15,23,28-29H,8-9,16H2,1-7H3/b15-14+. The van der Waals surface area contributed by atoms with Gasteiger partial charge in [0.25, 0.3) is 0 Å². The highest BCUT2D eigenvalue weighted by Gasteiger charge is 2.39. The number of likely N-dealkylation sites (N-methyl/N-ethyl adjacent to an activating group) is 1. The number of nitrogens with one attached hydrogen (secondary N) is 2. The predicted molar refractivity (Wildman–Crippen MR) is 134 cm³/mol. The number of ether oxygens (including phenoxy) is 3. The van der Waals surface area contributed by atoms with Crippen LogP contribution in [0.5, 0.6) is 0 Å². The van der Waals surface area contributed by atoms with Crippen LogP contribution in [0.3, 0.4) is 0 Å². The van der Waals surface area contributed by atoms with Crippen LogP contribution in [0.15, 0.2) is 52.9 Å². The van der Waals surface area contributed by atoms with E-state index in [9.17, 15) is 14.4 Å². The summed E-state index contributed by atoms with van der Waals surface area (Å²) >= 11 is 0. The minimum atomic E-state index is -0.766. The number of carbonyl (C=O) groups excluding carboxylic acids is 3. The summed E-state index contributed by atoms with van der Waals surface area (Å²) < 4.78 is 16.1. The molecular formula is C27H36N2O6. The van der Waals surface area contributed by atoms with Gasteiger partial charge in [-0.2, -0.15) is 0 Å². The second kappa shape index (κ2) is 12.4. The third-order valence-electron chi connectivity index (χ3n) is 5.10. The van der Waals surface area contributed by atoms with Crippen molar-refractivity contribution in [3.8, 4) is 0 Å². The van der Waals surface area contributed by atoms with Crippen LogP contribution in [0.1, 0.15) is 58.6 Å². The Balaban J connectivity index is 2.72. The number of benzene rings is 1. The molecule has 0 radical (unpaired) electrons. The quantitative estimate of drug-likeness (QED) is 0.311. The largest absolute Gasteiger partial charge is 0.463 e. The number of esters is 3. The Hall–Kier alpha value is -3.39. The molecule has 1 aliphatic rings. The van der Waals surface area contributed by atoms with E-state index in [0.29, 0.717) is 40.2 Å². The minimum absolute atomic E-state index is 0.180. The summed E-state index contributed by atoms with van der Waals surface area (Å²) in [6.45, 7) is 11.3. The molecule has 2 N–H and O–H groups in total. The van der Waals surface area contributed by atoms with E-state index in [2.05, 4.69) is 10.6 Å². The first-order valence-corrected chi connectivity index (χ1v) is 11.7. The molecule has 0 aliphatic carbocycles. The second-order valence-corrected chi connectivity index (χ2v) is 8.96. The Labute approximate surface area is 207 Å². The number of rotatable bonds is 9. The van der Waals surface area contributed by atoms with Crippen LogP contribution in [0.2, 0.25) is 0 Å². The van der Waals surface area contributed by atoms with Crippen molar-refractivity contribution < 1.29 is 28.6 Å². The third-order valence-corrected chi connectivity index (χ3v) is 5.10. The molecule has 8 nitrogen and oxygen atoms in total. The summed E-state index contributed by atoms with van der Waals surface area (Å²) in [5, 5.41) is 6.25. The van der Waals surface area contributed by atoms with Gasteiger partial charge in [0, 0.05) is 24.0 Å². The zero-order valence-electron chi connectivity index (χ0n) is 21.6. The van der Waals surface area contributed by atoms with E-state index in [1.807, 2.05) is 24.3 Å². The fraction of sp³-hybridized carbons (Fsp3) is 0.444. The van der Waals surface area contributed by atoms with Crippen LogP contribution in [0.4, 0.5) is 0 Å². The van der Waals surface area contributed by atoms with Gasteiger partial charge in [-0.1, -0.05) is 24.3 Å². The van der Waals surface area contributed by atoms with E-state index in [4.69, 9.17) is 14.2 Å². The summed E-state index contributed by atoms with van der Waals surface area (Å²) in [6.07, 6.45) is 2.97. The average Bonchev–Trinajstić information content (AvgIpc) is 2.76. The average molecular weight is 485 g/mol. The molecule has 1 heterocycles. The lowest BCUT2D eigenvalue weighted by molar-refractivity contribution is -0.148. The fourth-order valence-corrected chi connectivity index (χ4v) is 3.87. The highest BCUT2D eigenvalue weighted by molar-refractivity contribution is 6.00. The van der Waals surface area contributed by atoms with Gasteiger partial charge in [0.15, 0.2) is 0 Å². The lowest BCUT2D eigenvalue weighted by Crippen LogP contribution is -2.36. The molecule has 8 heteroatoms. The lowest BCUT2D eigenvalue weighted by atomic mass is 9.78. The molecule has 1 unspecified atom stereocenters. The van der Waals surface area contributed by atoms with Gasteiger partial charge in [-0.05, 0) is 65.8 Å². The van der Waals surface area contributed by atoms with Gasteiger partial charge in [0.1, 0.15) is 5.60 Å². The summed E-state index contributed by atoms with van der Waals surface area (Å²) in [7, 11) is 1.77. The zero-order valence-corrected chi connectivity index (χ0v) is 21.6. The van der Waals surface area contributed by atoms with Crippen LogP contribution in [-0.4, -0.2) is 50.3 Å². The molecule has 1 aromatic rings. The van der Waals surface area contributed by atoms with Crippen LogP contribution in [-0.2, 0) is 28.6 Å². The molecule has 0 saturated carbocycles. The summed E-state index contributed by atoms with van der Waals surface area (Å²) in [4.78, 5) is 38.7. The smallest absolute Gasteiger partial charge is 0.336 e. The van der Waals surface area contributed by atoms with E-state index >= 15 is 0 Å². The van der Waals surface area contributed by atoms with Crippen molar-refractivity contribution in [2.45, 2.75) is 53.1 Å². The van der Waals surface area contributed by atoms with Crippen molar-refractivity contribution in [1.29, 1.82) is 0 Å². The van der Waals surface area contributed by atoms with E-state index in [0.717, 1.165) is 0 Å². The van der Waals surface area contributed by atoms with Crippen molar-refractivity contribution in [2.75, 3.05) is 26.8 Å². The number of dihydropyridines is 1. The topological polar surface area (TPSA) is 103 Å². The second-order valence-electron chi connectivity index (χ2n) is 8.96. The zero-order chi connectivity index (χ0) is 26.2. The van der Waals surface area contributed by atoms with Crippen molar-refractivity contribution in [3.63, 3.8) is 0 Å². The van der Waals surface area contributed by atoms with Crippen molar-refractivity contribution in [2.24, 2.45) is 0 Å². The van der Waals surface area contributed by atoms with Crippen LogP contribution < -0.4 is 10.6 Å². The molecule has 0 bridgehead atoms. The number of carbonyl (C=O) groups is 3. The highest BCUT2D eigenvalue weighted by atomic mass is 16.6. The molecule has 0 amide bonds. The van der Waals surface area contributed by atoms with Gasteiger partial charge in [-0.15, -0.1) is 0 Å². The molecular weight excluding hydrogens is 448 g/mol. The van der Waals surface area contributed by atoms with Crippen LogP contribution in [0, 0.1) is 0 Å². The maximum absolute atomic E-state index is 13.2. The number of hydrogen-bond acceptors (Lipinski definition) is 8. The Morgan fingerprint density at radius 3 is 2.20 bits per heavy atom. The van der Waals surface area contributed by atoms with Gasteiger partial charge in [0.2, 0.25) is 0 Å². The third kappa shape index (κ3) is 7.29. The molecule has 190 valence electrons. The first kappa shape index (κ1) is 27.9. The molecule has 0 saturated heterocycles. The van der Waals surface area contributed by atoms with E-state index in [1.54, 1.807) is 54.7 Å². The van der Waals surface area contributed by atoms with E-state index in [-0.39, 0.29) is 13.2 Å². The predicted octanol–water partition coefficient (Wildman–Crippen LogP) is 3.60. The summed E-state index contributed by atoms with van der Waals surface area (Å²) in [5.74, 6) is -2.32. The first-order chi connectivity index (χ1) is 16.5. The van der Waals surface area contributed by atoms with Gasteiger partial charge in [-0.25, -0.2) is 14.4 Å². The summed E-state index contributed by atoms with van der Waals surface area (Å²) in [6, 6.07) is 7.29. The molecule has 1 aromatic carbocycles. The van der Waals surface area contributed by atoms with Gasteiger partial charge in [0.05, 0.1) is 30.3 Å². The van der Waals surface area contributed by atoms with Crippen LogP contribution >= 0.6 is 0 Å². The van der Waals surface area contributed by atoms with Crippen molar-refractivity contribution >= 4 is 24.0 Å². The van der Waals surface area contributed by atoms with Crippen molar-refractivity contribution in [3.05, 3.63) is 64.0 Å². The molecule has 2 rings (SSSR count). The maximum atomic E-state index is 13.2. The van der Waals surface area contributed by atoms with Crippen molar-refractivity contribution in [1.82, 2.24) is 10.6 Å². The molecule has 35 heavy (non-hydrogen) atoms. The summed E-state index contributed by atoms with van der Waals surface area (Å²) in [5.41, 5.74) is 2.50. The maximum Gasteiger partial charge on any atom is 0.336 e. The number of hydrogen-bond donors (Lipinski definition) is 2. The SMILES string of the molecule is CCOC(=O)C1=C(C)NC(CNC)=C(C(=O)OCC)C1c1ccccc1/C=C/C(=O)OC(C)(C)C.